The molecule has 1 unspecified atom stereocenters. The van der Waals surface area contributed by atoms with E-state index in [0.717, 1.165) is 6.26 Å². The first kappa shape index (κ1) is 31.2. The highest BCUT2D eigenvalue weighted by molar-refractivity contribution is 7.90. The number of carbonyl (C=O) groups is 3. The number of alkyl carbamates (subject to hydrolysis) is 1. The molecule has 11 heteroatoms. The largest absolute Gasteiger partial charge is 0.444 e. The summed E-state index contributed by atoms with van der Waals surface area (Å²) in [6.45, 7) is 5.53. The highest BCUT2D eigenvalue weighted by Crippen LogP contribution is 2.28. The van der Waals surface area contributed by atoms with Crippen LogP contribution in [0.3, 0.4) is 0 Å². The Kier molecular flexibility index (Phi) is 10.5. The fourth-order valence-electron chi connectivity index (χ4n) is 3.92. The van der Waals surface area contributed by atoms with E-state index < -0.39 is 39.5 Å². The van der Waals surface area contributed by atoms with E-state index in [1.54, 1.807) is 93.6 Å². The summed E-state index contributed by atoms with van der Waals surface area (Å²) in [4.78, 5) is 38.0. The van der Waals surface area contributed by atoms with Crippen molar-refractivity contribution in [3.63, 3.8) is 0 Å². The van der Waals surface area contributed by atoms with Crippen molar-refractivity contribution in [1.29, 1.82) is 0 Å². The van der Waals surface area contributed by atoms with Crippen LogP contribution in [0, 0.1) is 0 Å². The fraction of sp³-hybridized carbons (Fsp3) is 0.300. The standard InChI is InChI=1S/C30H36N4O6S/c1-30(2,3)40-29(37)31-20-10-14-25(34-28(36)33-22-11-6-5-7-12-22)27(35)32-23-18-16-21(17-19-23)24-13-8-9-15-26(24)41(4,38)39/h5-9,11-13,15-19,25H,10,14,20H2,1-4H3,(H,31,37)(H,32,35)(H2,33,34,36). The number of rotatable bonds is 10. The van der Waals surface area contributed by atoms with E-state index in [1.807, 2.05) is 6.07 Å². The predicted octanol–water partition coefficient (Wildman–Crippen LogP) is 5.19. The summed E-state index contributed by atoms with van der Waals surface area (Å²) < 4.78 is 29.6. The molecule has 10 nitrogen and oxygen atoms in total. The maximum atomic E-state index is 13.2. The van der Waals surface area contributed by atoms with Crippen LogP contribution in [0.2, 0.25) is 0 Å². The van der Waals surface area contributed by atoms with Gasteiger partial charge in [0.2, 0.25) is 5.91 Å². The van der Waals surface area contributed by atoms with Crippen LogP contribution < -0.4 is 21.3 Å². The van der Waals surface area contributed by atoms with Gasteiger partial charge in [-0.15, -0.1) is 0 Å². The Balaban J connectivity index is 1.68. The second kappa shape index (κ2) is 13.8. The molecule has 0 radical (unpaired) electrons. The summed E-state index contributed by atoms with van der Waals surface area (Å²) in [5, 5.41) is 10.9. The molecule has 0 heterocycles. The molecular weight excluding hydrogens is 544 g/mol. The zero-order valence-corrected chi connectivity index (χ0v) is 24.4. The minimum atomic E-state index is -3.43. The van der Waals surface area contributed by atoms with Gasteiger partial charge in [0.15, 0.2) is 9.84 Å². The summed E-state index contributed by atoms with van der Waals surface area (Å²) in [6.07, 6.45) is 1.23. The number of ether oxygens (including phenoxy) is 1. The Morgan fingerprint density at radius 1 is 0.829 bits per heavy atom. The maximum absolute atomic E-state index is 13.2. The lowest BCUT2D eigenvalue weighted by Gasteiger charge is -2.21. The van der Waals surface area contributed by atoms with Gasteiger partial charge in [-0.25, -0.2) is 18.0 Å². The first-order chi connectivity index (χ1) is 19.3. The molecule has 0 aromatic heterocycles. The third-order valence-electron chi connectivity index (χ3n) is 5.74. The van der Waals surface area contributed by atoms with Gasteiger partial charge in [-0.05, 0) is 69.5 Å². The smallest absolute Gasteiger partial charge is 0.407 e. The number of nitrogens with one attached hydrogen (secondary N) is 4. The average molecular weight is 581 g/mol. The van der Waals surface area contributed by atoms with Gasteiger partial charge in [-0.2, -0.15) is 0 Å². The van der Waals surface area contributed by atoms with Crippen LogP contribution >= 0.6 is 0 Å². The Labute approximate surface area is 240 Å². The molecule has 0 aliphatic heterocycles. The molecule has 0 spiro atoms. The number of benzene rings is 3. The Morgan fingerprint density at radius 3 is 2.07 bits per heavy atom. The number of amides is 4. The summed E-state index contributed by atoms with van der Waals surface area (Å²) in [5.74, 6) is -0.449. The van der Waals surface area contributed by atoms with Gasteiger partial charge in [-0.3, -0.25) is 4.79 Å². The van der Waals surface area contributed by atoms with Gasteiger partial charge in [-0.1, -0.05) is 48.5 Å². The lowest BCUT2D eigenvalue weighted by Crippen LogP contribution is -2.46. The highest BCUT2D eigenvalue weighted by Gasteiger charge is 2.22. The molecule has 0 aliphatic carbocycles. The topological polar surface area (TPSA) is 143 Å². The summed E-state index contributed by atoms with van der Waals surface area (Å²) in [5.41, 5.74) is 1.64. The molecule has 3 aromatic rings. The van der Waals surface area contributed by atoms with Crippen molar-refractivity contribution >= 4 is 39.2 Å². The van der Waals surface area contributed by atoms with E-state index in [-0.39, 0.29) is 17.9 Å². The zero-order chi connectivity index (χ0) is 30.0. The van der Waals surface area contributed by atoms with E-state index in [0.29, 0.717) is 28.9 Å². The number of hydrogen-bond donors (Lipinski definition) is 4. The molecule has 0 fully saturated rings. The van der Waals surface area contributed by atoms with Crippen LogP contribution in [0.4, 0.5) is 21.0 Å². The molecule has 1 atom stereocenters. The first-order valence-electron chi connectivity index (χ1n) is 13.1. The number of urea groups is 1. The van der Waals surface area contributed by atoms with E-state index in [2.05, 4.69) is 21.3 Å². The molecule has 0 saturated heterocycles. The van der Waals surface area contributed by atoms with Crippen LogP contribution in [-0.4, -0.2) is 50.9 Å². The lowest BCUT2D eigenvalue weighted by molar-refractivity contribution is -0.118. The van der Waals surface area contributed by atoms with Crippen molar-refractivity contribution in [2.75, 3.05) is 23.4 Å². The number of hydrogen-bond acceptors (Lipinski definition) is 6. The average Bonchev–Trinajstić information content (AvgIpc) is 2.90. The first-order valence-corrected chi connectivity index (χ1v) is 15.0. The van der Waals surface area contributed by atoms with Gasteiger partial charge >= 0.3 is 12.1 Å². The number of sulfone groups is 1. The van der Waals surface area contributed by atoms with Gasteiger partial charge in [0, 0.05) is 29.7 Å². The number of para-hydroxylation sites is 1. The summed E-state index contributed by atoms with van der Waals surface area (Å²) in [7, 11) is -3.43. The number of carbonyl (C=O) groups excluding carboxylic acids is 3. The molecule has 3 rings (SSSR count). The van der Waals surface area contributed by atoms with Crippen molar-refractivity contribution < 1.29 is 27.5 Å². The second-order valence-electron chi connectivity index (χ2n) is 10.4. The van der Waals surface area contributed by atoms with E-state index in [4.69, 9.17) is 4.74 Å². The molecule has 4 N–H and O–H groups in total. The van der Waals surface area contributed by atoms with Crippen LogP contribution in [0.15, 0.2) is 83.8 Å². The van der Waals surface area contributed by atoms with Gasteiger partial charge in [0.1, 0.15) is 11.6 Å². The monoisotopic (exact) mass is 580 g/mol. The summed E-state index contributed by atoms with van der Waals surface area (Å²) >= 11 is 0. The summed E-state index contributed by atoms with van der Waals surface area (Å²) in [6, 6.07) is 20.8. The zero-order valence-electron chi connectivity index (χ0n) is 23.6. The second-order valence-corrected chi connectivity index (χ2v) is 12.4. The van der Waals surface area contributed by atoms with E-state index in [1.165, 1.54) is 0 Å². The van der Waals surface area contributed by atoms with Gasteiger partial charge < -0.3 is 26.0 Å². The fourth-order valence-corrected chi connectivity index (χ4v) is 4.83. The van der Waals surface area contributed by atoms with Crippen molar-refractivity contribution in [2.45, 2.75) is 50.2 Å². The minimum absolute atomic E-state index is 0.213. The van der Waals surface area contributed by atoms with Crippen molar-refractivity contribution in [3.8, 4) is 11.1 Å². The quantitative estimate of drug-likeness (QED) is 0.243. The van der Waals surface area contributed by atoms with E-state index in [9.17, 15) is 22.8 Å². The minimum Gasteiger partial charge on any atom is -0.444 e. The van der Waals surface area contributed by atoms with Crippen LogP contribution in [0.5, 0.6) is 0 Å². The van der Waals surface area contributed by atoms with Crippen LogP contribution in [-0.2, 0) is 19.4 Å². The van der Waals surface area contributed by atoms with Crippen LogP contribution in [0.1, 0.15) is 33.6 Å². The molecule has 4 amide bonds. The maximum Gasteiger partial charge on any atom is 0.407 e. The molecule has 0 bridgehead atoms. The van der Waals surface area contributed by atoms with Crippen molar-refractivity contribution in [1.82, 2.24) is 10.6 Å². The van der Waals surface area contributed by atoms with Crippen molar-refractivity contribution in [3.05, 3.63) is 78.9 Å². The number of anilines is 2. The molecule has 41 heavy (non-hydrogen) atoms. The predicted molar refractivity (Wildman–Crippen MR) is 159 cm³/mol. The molecule has 218 valence electrons. The van der Waals surface area contributed by atoms with Gasteiger partial charge in [0.05, 0.1) is 4.90 Å². The molecule has 0 saturated carbocycles. The Hall–Kier alpha value is -4.38. The van der Waals surface area contributed by atoms with Crippen molar-refractivity contribution in [2.24, 2.45) is 0 Å². The SMILES string of the molecule is CC(C)(C)OC(=O)NCCCC(NC(=O)Nc1ccccc1)C(=O)Nc1ccc(-c2ccccc2S(C)(=O)=O)cc1. The normalized spacial score (nSPS) is 12.1. The third kappa shape index (κ3) is 10.3. The van der Waals surface area contributed by atoms with Crippen LogP contribution in [0.25, 0.3) is 11.1 Å². The van der Waals surface area contributed by atoms with Gasteiger partial charge in [0.25, 0.3) is 0 Å². The van der Waals surface area contributed by atoms with E-state index >= 15 is 0 Å². The lowest BCUT2D eigenvalue weighted by atomic mass is 10.1. The molecule has 0 aliphatic rings. The molecule has 3 aromatic carbocycles. The Morgan fingerprint density at radius 2 is 1.44 bits per heavy atom. The Bertz CT molecular complexity index is 1450. The highest BCUT2D eigenvalue weighted by atomic mass is 32.2. The third-order valence-corrected chi connectivity index (χ3v) is 6.90. The molecular formula is C30H36N4O6S.